The maximum atomic E-state index is 14.9. The molecule has 1 heterocycles. The summed E-state index contributed by atoms with van der Waals surface area (Å²) in [6, 6.07) is 20.0. The van der Waals surface area contributed by atoms with Crippen molar-refractivity contribution in [2.45, 2.75) is 43.9 Å². The Hall–Kier alpha value is -4.53. The summed E-state index contributed by atoms with van der Waals surface area (Å²) in [6.07, 6.45) is -2.14. The van der Waals surface area contributed by atoms with E-state index >= 15 is 0 Å². The lowest BCUT2D eigenvalue weighted by molar-refractivity contribution is -0.141. The van der Waals surface area contributed by atoms with Crippen LogP contribution in [-0.4, -0.2) is 15.7 Å². The van der Waals surface area contributed by atoms with Crippen LogP contribution >= 0.6 is 0 Å². The minimum Gasteiger partial charge on any atom is -0.326 e. The molecule has 2 atom stereocenters. The zero-order chi connectivity index (χ0) is 30.0. The quantitative estimate of drug-likeness (QED) is 0.205. The first kappa shape index (κ1) is 29.0. The number of anilines is 1. The van der Waals surface area contributed by atoms with Crippen LogP contribution in [0, 0.1) is 23.1 Å². The predicted octanol–water partition coefficient (Wildman–Crippen LogP) is 6.20. The van der Waals surface area contributed by atoms with E-state index in [1.807, 2.05) is 12.1 Å². The van der Waals surface area contributed by atoms with Crippen LogP contribution in [0.25, 0.3) is 5.69 Å². The average molecular weight is 577 g/mol. The van der Waals surface area contributed by atoms with Gasteiger partial charge in [-0.2, -0.15) is 23.5 Å². The molecule has 0 saturated heterocycles. The molecule has 0 bridgehead atoms. The van der Waals surface area contributed by atoms with Crippen molar-refractivity contribution >= 4 is 11.6 Å². The number of carbonyl (C=O) groups excluding carboxylic acids is 1. The van der Waals surface area contributed by atoms with Gasteiger partial charge in [0.25, 0.3) is 5.91 Å². The number of hydrogen-bond donors (Lipinski definition) is 3. The molecular weight excluding hydrogens is 548 g/mol. The molecule has 1 amide bonds. The highest BCUT2D eigenvalue weighted by molar-refractivity contribution is 6.03. The van der Waals surface area contributed by atoms with E-state index in [0.717, 1.165) is 23.1 Å². The van der Waals surface area contributed by atoms with E-state index < -0.39 is 35.3 Å². The Kier molecular flexibility index (Phi) is 8.11. The Labute approximate surface area is 239 Å². The highest BCUT2D eigenvalue weighted by atomic mass is 19.4. The molecule has 5 rings (SSSR count). The van der Waals surface area contributed by atoms with Crippen molar-refractivity contribution in [2.24, 2.45) is 17.4 Å². The Morgan fingerprint density at radius 1 is 1.07 bits per heavy atom. The largest absolute Gasteiger partial charge is 0.435 e. The summed E-state index contributed by atoms with van der Waals surface area (Å²) >= 11 is 0. The molecule has 11 heteroatoms. The number of amides is 1. The first-order valence-electron chi connectivity index (χ1n) is 13.4. The van der Waals surface area contributed by atoms with Gasteiger partial charge in [0.15, 0.2) is 5.69 Å². The molecule has 42 heavy (non-hydrogen) atoms. The lowest BCUT2D eigenvalue weighted by Crippen LogP contribution is -2.19. The number of rotatable bonds is 9. The first-order valence-corrected chi connectivity index (χ1v) is 13.4. The van der Waals surface area contributed by atoms with Crippen LogP contribution in [-0.2, 0) is 12.7 Å². The van der Waals surface area contributed by atoms with Gasteiger partial charge in [-0.25, -0.2) is 9.07 Å². The van der Waals surface area contributed by atoms with Crippen molar-refractivity contribution in [3.8, 4) is 11.8 Å². The van der Waals surface area contributed by atoms with Crippen LogP contribution in [0.5, 0.6) is 0 Å². The third-order valence-corrected chi connectivity index (χ3v) is 7.46. The number of benzene rings is 3. The molecule has 2 unspecified atom stereocenters. The van der Waals surface area contributed by atoms with E-state index in [2.05, 4.69) is 16.5 Å². The lowest BCUT2D eigenvalue weighted by atomic mass is 9.86. The van der Waals surface area contributed by atoms with Gasteiger partial charge in [-0.3, -0.25) is 4.79 Å². The maximum Gasteiger partial charge on any atom is 0.435 e. The van der Waals surface area contributed by atoms with Gasteiger partial charge in [0, 0.05) is 18.7 Å². The van der Waals surface area contributed by atoms with Crippen molar-refractivity contribution in [1.82, 2.24) is 9.78 Å². The van der Waals surface area contributed by atoms with Crippen molar-refractivity contribution in [3.63, 3.8) is 0 Å². The molecule has 1 aliphatic rings. The normalized spacial score (nSPS) is 14.7. The Balaban J connectivity index is 1.40. The Bertz CT molecular complexity index is 1640. The van der Waals surface area contributed by atoms with E-state index in [-0.39, 0.29) is 23.8 Å². The summed E-state index contributed by atoms with van der Waals surface area (Å²) in [5.41, 5.74) is 13.3. The fraction of sp³-hybridized carbons (Fsp3) is 0.258. The molecule has 1 saturated carbocycles. The second-order valence-corrected chi connectivity index (χ2v) is 10.4. The highest BCUT2D eigenvalue weighted by Crippen LogP contribution is 2.46. The fourth-order valence-electron chi connectivity index (χ4n) is 5.06. The summed E-state index contributed by atoms with van der Waals surface area (Å²) in [5.74, 6) is -1.16. The van der Waals surface area contributed by atoms with Gasteiger partial charge in [0.1, 0.15) is 11.5 Å². The Morgan fingerprint density at radius 3 is 2.43 bits per heavy atom. The van der Waals surface area contributed by atoms with E-state index in [1.54, 1.807) is 24.3 Å². The van der Waals surface area contributed by atoms with E-state index in [1.165, 1.54) is 30.3 Å². The monoisotopic (exact) mass is 576 g/mol. The van der Waals surface area contributed by atoms with E-state index in [9.17, 15) is 22.4 Å². The molecule has 0 spiro atoms. The molecule has 5 N–H and O–H groups in total. The molecule has 3 aromatic carbocycles. The molecule has 7 nitrogen and oxygen atoms in total. The smallest absolute Gasteiger partial charge is 0.326 e. The molecule has 216 valence electrons. The molecule has 1 aliphatic carbocycles. The zero-order valence-corrected chi connectivity index (χ0v) is 22.4. The SMILES string of the molecule is N#Cc1ccc(C(CC(N)c2ccc(F)c(NC(=O)c3cc(C(F)(F)F)nn3-c3cccc(CN)c3)c2)C2CC2)cc1. The number of alkyl halides is 3. The molecule has 1 fully saturated rings. The van der Waals surface area contributed by atoms with Gasteiger partial charge in [-0.05, 0) is 84.2 Å². The molecule has 0 aliphatic heterocycles. The van der Waals surface area contributed by atoms with Crippen LogP contribution < -0.4 is 16.8 Å². The van der Waals surface area contributed by atoms with Crippen molar-refractivity contribution in [1.29, 1.82) is 5.26 Å². The summed E-state index contributed by atoms with van der Waals surface area (Å²) in [5, 5.41) is 15.1. The average Bonchev–Trinajstić information content (AvgIpc) is 3.72. The zero-order valence-electron chi connectivity index (χ0n) is 22.4. The number of nitrogens with zero attached hydrogens (tertiary/aromatic N) is 3. The van der Waals surface area contributed by atoms with Gasteiger partial charge in [0.05, 0.1) is 23.0 Å². The number of nitriles is 1. The van der Waals surface area contributed by atoms with Crippen LogP contribution in [0.4, 0.5) is 23.2 Å². The van der Waals surface area contributed by atoms with Crippen molar-refractivity contribution in [3.05, 3.63) is 112 Å². The number of nitrogens with two attached hydrogens (primary N) is 2. The molecule has 1 aromatic heterocycles. The standard InChI is InChI=1S/C31H28F4N6O/c32-25-11-10-22(26(38)14-24(21-8-9-21)20-6-4-18(16-36)5-7-20)13-27(25)39-30(42)28-15-29(31(33,34)35)40-41(28)23-3-1-2-19(12-23)17-37/h1-7,10-13,15,21,24,26H,8-9,14,17,37-38H2,(H,39,42). The third kappa shape index (κ3) is 6.35. The number of halogens is 4. The second-order valence-electron chi connectivity index (χ2n) is 10.4. The minimum atomic E-state index is -4.81. The van der Waals surface area contributed by atoms with Crippen LogP contribution in [0.3, 0.4) is 0 Å². The number of hydrogen-bond acceptors (Lipinski definition) is 5. The summed E-state index contributed by atoms with van der Waals surface area (Å²) in [6.45, 7) is 0.133. The first-order chi connectivity index (χ1) is 20.1. The highest BCUT2D eigenvalue weighted by Gasteiger charge is 2.37. The maximum absolute atomic E-state index is 14.9. The molecule has 4 aromatic rings. The van der Waals surface area contributed by atoms with Gasteiger partial charge in [0.2, 0.25) is 0 Å². The Morgan fingerprint density at radius 2 is 1.79 bits per heavy atom. The summed E-state index contributed by atoms with van der Waals surface area (Å²) < 4.78 is 56.4. The second kappa shape index (κ2) is 11.8. The third-order valence-electron chi connectivity index (χ3n) is 7.46. The van der Waals surface area contributed by atoms with Gasteiger partial charge >= 0.3 is 6.18 Å². The summed E-state index contributed by atoms with van der Waals surface area (Å²) in [7, 11) is 0. The van der Waals surface area contributed by atoms with Crippen LogP contribution in [0.2, 0.25) is 0 Å². The number of aromatic nitrogens is 2. The summed E-state index contributed by atoms with van der Waals surface area (Å²) in [4.78, 5) is 13.3. The fourth-order valence-corrected chi connectivity index (χ4v) is 5.06. The topological polar surface area (TPSA) is 123 Å². The van der Waals surface area contributed by atoms with Gasteiger partial charge < -0.3 is 16.8 Å². The van der Waals surface area contributed by atoms with Crippen LogP contribution in [0.1, 0.15) is 69.7 Å². The van der Waals surface area contributed by atoms with Crippen molar-refractivity contribution in [2.75, 3.05) is 5.32 Å². The minimum absolute atomic E-state index is 0.133. The molecule has 0 radical (unpaired) electrons. The number of nitrogens with one attached hydrogen (secondary N) is 1. The van der Waals surface area contributed by atoms with E-state index in [4.69, 9.17) is 16.7 Å². The molecular formula is C31H28F4N6O. The van der Waals surface area contributed by atoms with E-state index in [0.29, 0.717) is 35.1 Å². The van der Waals surface area contributed by atoms with Crippen LogP contribution in [0.15, 0.2) is 72.8 Å². The van der Waals surface area contributed by atoms with Crippen molar-refractivity contribution < 1.29 is 22.4 Å². The van der Waals surface area contributed by atoms with Gasteiger partial charge in [-0.1, -0.05) is 30.3 Å². The van der Waals surface area contributed by atoms with Gasteiger partial charge in [-0.15, -0.1) is 0 Å². The predicted molar refractivity (Wildman–Crippen MR) is 149 cm³/mol. The number of carbonyl (C=O) groups is 1. The lowest BCUT2D eigenvalue weighted by Gasteiger charge is -2.22.